The van der Waals surface area contributed by atoms with Crippen LogP contribution in [0.25, 0.3) is 0 Å². The smallest absolute Gasteiger partial charge is 0.311 e. The molecule has 0 heterocycles. The Labute approximate surface area is 187 Å². The molecule has 160 valence electrons. The molecular formula is C20H22BrN3O5S. The number of amides is 2. The molecule has 0 aliphatic carbocycles. The number of ether oxygens (including phenoxy) is 1. The van der Waals surface area contributed by atoms with Gasteiger partial charge < -0.3 is 15.4 Å². The quantitative estimate of drug-likeness (QED) is 0.379. The fourth-order valence-electron chi connectivity index (χ4n) is 2.54. The maximum Gasteiger partial charge on any atom is 0.311 e. The Morgan fingerprint density at radius 2 is 1.97 bits per heavy atom. The Bertz CT molecular complexity index is 939. The second kappa shape index (κ2) is 11.6. The van der Waals surface area contributed by atoms with Crippen molar-refractivity contribution in [3.8, 4) is 5.75 Å². The summed E-state index contributed by atoms with van der Waals surface area (Å²) in [7, 11) is 1.38. The molecule has 0 radical (unpaired) electrons. The van der Waals surface area contributed by atoms with E-state index < -0.39 is 4.92 Å². The van der Waals surface area contributed by atoms with Gasteiger partial charge in [-0.1, -0.05) is 28.1 Å². The van der Waals surface area contributed by atoms with Gasteiger partial charge in [0.05, 0.1) is 17.8 Å². The third-order valence-electron chi connectivity index (χ3n) is 4.09. The van der Waals surface area contributed by atoms with E-state index >= 15 is 0 Å². The van der Waals surface area contributed by atoms with Crippen LogP contribution >= 0.6 is 27.7 Å². The van der Waals surface area contributed by atoms with E-state index in [0.717, 1.165) is 21.3 Å². The second-order valence-corrected chi connectivity index (χ2v) is 8.26. The Kier molecular flexibility index (Phi) is 9.13. The molecule has 2 aromatic rings. The number of benzene rings is 2. The summed E-state index contributed by atoms with van der Waals surface area (Å²) in [5.41, 5.74) is 2.30. The minimum atomic E-state index is -0.500. The molecule has 2 N–H and O–H groups in total. The first-order valence-corrected chi connectivity index (χ1v) is 11.0. The number of thioether (sulfide) groups is 1. The Balaban J connectivity index is 1.71. The van der Waals surface area contributed by atoms with Gasteiger partial charge in [-0.3, -0.25) is 19.7 Å². The van der Waals surface area contributed by atoms with Crippen molar-refractivity contribution in [2.75, 3.05) is 24.7 Å². The van der Waals surface area contributed by atoms with Gasteiger partial charge in [0, 0.05) is 34.9 Å². The third kappa shape index (κ3) is 7.34. The third-order valence-corrected chi connectivity index (χ3v) is 5.59. The fraction of sp³-hybridized carbons (Fsp3) is 0.300. The monoisotopic (exact) mass is 495 g/mol. The molecule has 0 bridgehead atoms. The van der Waals surface area contributed by atoms with Crippen molar-refractivity contribution in [2.24, 2.45) is 0 Å². The van der Waals surface area contributed by atoms with Gasteiger partial charge in [0.15, 0.2) is 5.75 Å². The SMILES string of the molecule is COc1ccc(CSCC(=O)NCCC(=O)Nc2cc(Br)ccc2C)cc1[N+](=O)[O-]. The first-order valence-electron chi connectivity index (χ1n) is 9.02. The summed E-state index contributed by atoms with van der Waals surface area (Å²) in [6, 6.07) is 10.3. The minimum absolute atomic E-state index is 0.105. The van der Waals surface area contributed by atoms with E-state index in [2.05, 4.69) is 26.6 Å². The van der Waals surface area contributed by atoms with Gasteiger partial charge in [-0.05, 0) is 36.2 Å². The normalized spacial score (nSPS) is 10.4. The summed E-state index contributed by atoms with van der Waals surface area (Å²) in [6.45, 7) is 2.13. The van der Waals surface area contributed by atoms with Crippen LogP contribution < -0.4 is 15.4 Å². The lowest BCUT2D eigenvalue weighted by atomic mass is 10.2. The van der Waals surface area contributed by atoms with Gasteiger partial charge >= 0.3 is 5.69 Å². The maximum atomic E-state index is 12.0. The zero-order chi connectivity index (χ0) is 22.1. The lowest BCUT2D eigenvalue weighted by molar-refractivity contribution is -0.385. The molecule has 2 amide bonds. The number of nitro groups is 1. The summed E-state index contributed by atoms with van der Waals surface area (Å²) < 4.78 is 5.84. The van der Waals surface area contributed by atoms with E-state index in [4.69, 9.17) is 4.74 Å². The van der Waals surface area contributed by atoms with Crippen LogP contribution in [0.1, 0.15) is 17.5 Å². The second-order valence-electron chi connectivity index (χ2n) is 6.36. The molecule has 0 atom stereocenters. The van der Waals surface area contributed by atoms with E-state index in [9.17, 15) is 19.7 Å². The van der Waals surface area contributed by atoms with Gasteiger partial charge in [0.1, 0.15) is 0 Å². The molecule has 0 aromatic heterocycles. The van der Waals surface area contributed by atoms with Crippen LogP contribution in [0.5, 0.6) is 5.75 Å². The highest BCUT2D eigenvalue weighted by molar-refractivity contribution is 9.10. The molecule has 10 heteroatoms. The first-order chi connectivity index (χ1) is 14.3. The van der Waals surface area contributed by atoms with E-state index in [-0.39, 0.29) is 42.0 Å². The van der Waals surface area contributed by atoms with Crippen LogP contribution in [0, 0.1) is 17.0 Å². The molecule has 0 aliphatic heterocycles. The minimum Gasteiger partial charge on any atom is -0.490 e. The van der Waals surface area contributed by atoms with Crippen LogP contribution in [0.4, 0.5) is 11.4 Å². The number of nitrogens with zero attached hydrogens (tertiary/aromatic N) is 1. The summed E-state index contributed by atoms with van der Waals surface area (Å²) in [5, 5.41) is 16.6. The standard InChI is InChI=1S/C20H22BrN3O5S/c1-13-3-5-15(21)10-16(13)23-19(25)7-8-22-20(26)12-30-11-14-4-6-18(29-2)17(9-14)24(27)28/h3-6,9-10H,7-8,11-12H2,1-2H3,(H,22,26)(H,23,25). The van der Waals surface area contributed by atoms with Gasteiger partial charge in [0.2, 0.25) is 11.8 Å². The number of hydrogen-bond acceptors (Lipinski definition) is 6. The van der Waals surface area contributed by atoms with Crippen molar-refractivity contribution in [3.63, 3.8) is 0 Å². The molecule has 2 rings (SSSR count). The van der Waals surface area contributed by atoms with Crippen molar-refractivity contribution in [1.82, 2.24) is 5.32 Å². The number of anilines is 1. The molecule has 2 aromatic carbocycles. The number of carbonyl (C=O) groups excluding carboxylic acids is 2. The topological polar surface area (TPSA) is 111 Å². The molecule has 0 unspecified atom stereocenters. The molecule has 30 heavy (non-hydrogen) atoms. The molecule has 0 aliphatic rings. The van der Waals surface area contributed by atoms with Crippen LogP contribution in [-0.4, -0.2) is 36.1 Å². The molecule has 0 fully saturated rings. The average Bonchev–Trinajstić information content (AvgIpc) is 2.70. The number of halogens is 1. The highest BCUT2D eigenvalue weighted by atomic mass is 79.9. The highest BCUT2D eigenvalue weighted by Gasteiger charge is 2.15. The van der Waals surface area contributed by atoms with E-state index in [1.54, 1.807) is 12.1 Å². The lowest BCUT2D eigenvalue weighted by Gasteiger charge is -2.09. The Hall–Kier alpha value is -2.59. The Morgan fingerprint density at radius 3 is 2.67 bits per heavy atom. The van der Waals surface area contributed by atoms with Crippen molar-refractivity contribution in [1.29, 1.82) is 0 Å². The molecule has 0 spiro atoms. The van der Waals surface area contributed by atoms with Crippen LogP contribution in [0.3, 0.4) is 0 Å². The van der Waals surface area contributed by atoms with Crippen molar-refractivity contribution in [3.05, 3.63) is 62.1 Å². The van der Waals surface area contributed by atoms with Gasteiger partial charge in [0.25, 0.3) is 0 Å². The summed E-state index contributed by atoms with van der Waals surface area (Å²) in [6.07, 6.45) is 0.160. The summed E-state index contributed by atoms with van der Waals surface area (Å²) in [4.78, 5) is 34.6. The number of nitrogens with one attached hydrogen (secondary N) is 2. The van der Waals surface area contributed by atoms with Crippen molar-refractivity contribution >= 4 is 50.9 Å². The number of nitro benzene ring substituents is 1. The predicted molar refractivity (Wildman–Crippen MR) is 121 cm³/mol. The summed E-state index contributed by atoms with van der Waals surface area (Å²) >= 11 is 4.70. The Morgan fingerprint density at radius 1 is 1.20 bits per heavy atom. The fourth-order valence-corrected chi connectivity index (χ4v) is 3.70. The predicted octanol–water partition coefficient (Wildman–Crippen LogP) is 4.05. The number of hydrogen-bond donors (Lipinski definition) is 2. The van der Waals surface area contributed by atoms with Crippen LogP contribution in [0.2, 0.25) is 0 Å². The molecule has 8 nitrogen and oxygen atoms in total. The van der Waals surface area contributed by atoms with Crippen LogP contribution in [-0.2, 0) is 15.3 Å². The maximum absolute atomic E-state index is 12.0. The summed E-state index contributed by atoms with van der Waals surface area (Å²) in [5.74, 6) is 0.444. The van der Waals surface area contributed by atoms with Crippen molar-refractivity contribution in [2.45, 2.75) is 19.1 Å². The van der Waals surface area contributed by atoms with Crippen molar-refractivity contribution < 1.29 is 19.2 Å². The zero-order valence-corrected chi connectivity index (χ0v) is 19.0. The molecule has 0 saturated carbocycles. The highest BCUT2D eigenvalue weighted by Crippen LogP contribution is 2.29. The lowest BCUT2D eigenvalue weighted by Crippen LogP contribution is -2.29. The van der Waals surface area contributed by atoms with E-state index in [0.29, 0.717) is 5.75 Å². The van der Waals surface area contributed by atoms with Gasteiger partial charge in [-0.2, -0.15) is 0 Å². The molecule has 0 saturated heterocycles. The number of carbonyl (C=O) groups is 2. The van der Waals surface area contributed by atoms with Gasteiger partial charge in [-0.25, -0.2) is 0 Å². The first kappa shape index (κ1) is 23.7. The van der Waals surface area contributed by atoms with Crippen LogP contribution in [0.15, 0.2) is 40.9 Å². The van der Waals surface area contributed by atoms with Gasteiger partial charge in [-0.15, -0.1) is 11.8 Å². The average molecular weight is 496 g/mol. The van der Waals surface area contributed by atoms with E-state index in [1.165, 1.54) is 24.9 Å². The number of rotatable bonds is 10. The zero-order valence-electron chi connectivity index (χ0n) is 16.6. The molecular weight excluding hydrogens is 474 g/mol. The number of aryl methyl sites for hydroxylation is 1. The largest absolute Gasteiger partial charge is 0.490 e. The van der Waals surface area contributed by atoms with E-state index in [1.807, 2.05) is 25.1 Å². The number of methoxy groups -OCH3 is 1.